The number of ether oxygens (including phenoxy) is 3. The molecule has 2 aromatic carbocycles. The average molecular weight is 423 g/mol. The van der Waals surface area contributed by atoms with E-state index in [0.29, 0.717) is 30.4 Å². The van der Waals surface area contributed by atoms with Gasteiger partial charge in [-0.25, -0.2) is 4.90 Å². The minimum atomic E-state index is -0.418. The summed E-state index contributed by atoms with van der Waals surface area (Å²) in [4.78, 5) is 31.6. The van der Waals surface area contributed by atoms with Crippen LogP contribution in [0.3, 0.4) is 0 Å². The lowest BCUT2D eigenvalue weighted by Gasteiger charge is -2.38. The average Bonchev–Trinajstić information content (AvgIpc) is 3.12. The van der Waals surface area contributed by atoms with E-state index in [1.54, 1.807) is 25.3 Å². The van der Waals surface area contributed by atoms with E-state index >= 15 is 0 Å². The summed E-state index contributed by atoms with van der Waals surface area (Å²) in [5.41, 5.74) is 1.67. The fraction of sp³-hybridized carbons (Fsp3) is 0.391. The number of anilines is 2. The van der Waals surface area contributed by atoms with Crippen LogP contribution in [0.2, 0.25) is 0 Å². The number of amides is 2. The second kappa shape index (κ2) is 8.11. The molecule has 0 N–H and O–H groups in total. The Kier molecular flexibility index (Phi) is 5.15. The van der Waals surface area contributed by atoms with Crippen molar-refractivity contribution in [3.05, 3.63) is 42.5 Å². The minimum absolute atomic E-state index is 0.167. The summed E-state index contributed by atoms with van der Waals surface area (Å²) in [6.07, 6.45) is 0.204. The number of hydrogen-bond acceptors (Lipinski definition) is 7. The first-order valence-corrected chi connectivity index (χ1v) is 10.5. The molecule has 8 heteroatoms. The molecule has 0 aromatic heterocycles. The van der Waals surface area contributed by atoms with E-state index < -0.39 is 6.04 Å². The van der Waals surface area contributed by atoms with Crippen molar-refractivity contribution in [1.29, 1.82) is 0 Å². The molecule has 0 aliphatic carbocycles. The van der Waals surface area contributed by atoms with Crippen LogP contribution in [0.1, 0.15) is 6.42 Å². The summed E-state index contributed by atoms with van der Waals surface area (Å²) in [6.45, 7) is 4.01. The monoisotopic (exact) mass is 423 g/mol. The molecule has 0 unspecified atom stereocenters. The molecule has 31 heavy (non-hydrogen) atoms. The van der Waals surface area contributed by atoms with E-state index in [9.17, 15) is 9.59 Å². The molecule has 0 saturated carbocycles. The van der Waals surface area contributed by atoms with Gasteiger partial charge in [-0.05, 0) is 36.4 Å². The van der Waals surface area contributed by atoms with Crippen molar-refractivity contribution in [3.63, 3.8) is 0 Å². The highest BCUT2D eigenvalue weighted by atomic mass is 16.6. The van der Waals surface area contributed by atoms with Gasteiger partial charge in [0.25, 0.3) is 5.91 Å². The molecule has 162 valence electrons. The summed E-state index contributed by atoms with van der Waals surface area (Å²) in [5.74, 6) is 1.70. The molecule has 0 spiro atoms. The molecule has 0 bridgehead atoms. The van der Waals surface area contributed by atoms with Gasteiger partial charge in [-0.2, -0.15) is 0 Å². The largest absolute Gasteiger partial charge is 0.497 e. The standard InChI is InChI=1S/C23H25N3O5/c1-29-18-5-2-16(3-6-18)24-8-10-25(11-9-24)19-15-22(27)26(23(19)28)17-4-7-20-21(14-17)31-13-12-30-20/h2-7,14,19H,8-13,15H2,1H3/t19-/m1/s1. The lowest BCUT2D eigenvalue weighted by Crippen LogP contribution is -2.52. The molecule has 0 radical (unpaired) electrons. The molecule has 2 aromatic rings. The van der Waals surface area contributed by atoms with Gasteiger partial charge in [-0.1, -0.05) is 0 Å². The van der Waals surface area contributed by atoms with Crippen molar-refractivity contribution >= 4 is 23.2 Å². The third-order valence-electron chi connectivity index (χ3n) is 6.10. The maximum absolute atomic E-state index is 13.2. The molecule has 3 heterocycles. The van der Waals surface area contributed by atoms with Gasteiger partial charge in [0.1, 0.15) is 19.0 Å². The van der Waals surface area contributed by atoms with Crippen molar-refractivity contribution < 1.29 is 23.8 Å². The lowest BCUT2D eigenvalue weighted by atomic mass is 10.1. The Morgan fingerprint density at radius 3 is 2.26 bits per heavy atom. The highest BCUT2D eigenvalue weighted by Gasteiger charge is 2.43. The van der Waals surface area contributed by atoms with Crippen molar-refractivity contribution in [1.82, 2.24) is 4.90 Å². The SMILES string of the molecule is COc1ccc(N2CCN([C@@H]3CC(=O)N(c4ccc5c(c4)OCCO5)C3=O)CC2)cc1. The molecule has 2 saturated heterocycles. The number of piperazine rings is 1. The number of fused-ring (bicyclic) bond motifs is 1. The van der Waals surface area contributed by atoms with E-state index in [1.807, 2.05) is 24.3 Å². The predicted octanol–water partition coefficient (Wildman–Crippen LogP) is 1.92. The fourth-order valence-corrected chi connectivity index (χ4v) is 4.43. The van der Waals surface area contributed by atoms with Crippen LogP contribution in [0.15, 0.2) is 42.5 Å². The second-order valence-corrected chi connectivity index (χ2v) is 7.84. The van der Waals surface area contributed by atoms with E-state index in [0.717, 1.165) is 37.6 Å². The number of imide groups is 1. The number of nitrogens with zero attached hydrogens (tertiary/aromatic N) is 3. The quantitative estimate of drug-likeness (QED) is 0.696. The maximum atomic E-state index is 13.2. The molecule has 5 rings (SSSR count). The summed E-state index contributed by atoms with van der Waals surface area (Å²) < 4.78 is 16.4. The van der Waals surface area contributed by atoms with Crippen LogP contribution in [0.5, 0.6) is 17.2 Å². The Balaban J connectivity index is 1.26. The Morgan fingerprint density at radius 1 is 0.871 bits per heavy atom. The van der Waals surface area contributed by atoms with Gasteiger partial charge in [0.2, 0.25) is 5.91 Å². The molecule has 1 atom stereocenters. The molecule has 2 fully saturated rings. The summed E-state index contributed by atoms with van der Waals surface area (Å²) in [7, 11) is 1.65. The Morgan fingerprint density at radius 2 is 1.55 bits per heavy atom. The number of carbonyl (C=O) groups is 2. The topological polar surface area (TPSA) is 71.6 Å². The number of hydrogen-bond donors (Lipinski definition) is 0. The molecule has 3 aliphatic heterocycles. The van der Waals surface area contributed by atoms with Crippen molar-refractivity contribution in [2.24, 2.45) is 0 Å². The van der Waals surface area contributed by atoms with Crippen LogP contribution in [-0.2, 0) is 9.59 Å². The van der Waals surface area contributed by atoms with Gasteiger partial charge in [0.05, 0.1) is 25.3 Å². The van der Waals surface area contributed by atoms with Crippen LogP contribution in [0, 0.1) is 0 Å². The van der Waals surface area contributed by atoms with E-state index in [-0.39, 0.29) is 18.2 Å². The van der Waals surface area contributed by atoms with Crippen LogP contribution < -0.4 is 24.0 Å². The van der Waals surface area contributed by atoms with Crippen molar-refractivity contribution in [3.8, 4) is 17.2 Å². The van der Waals surface area contributed by atoms with Gasteiger partial charge in [0, 0.05) is 37.9 Å². The smallest absolute Gasteiger partial charge is 0.251 e. The van der Waals surface area contributed by atoms with Crippen LogP contribution >= 0.6 is 0 Å². The fourth-order valence-electron chi connectivity index (χ4n) is 4.43. The van der Waals surface area contributed by atoms with E-state index in [1.165, 1.54) is 4.90 Å². The summed E-state index contributed by atoms with van der Waals surface area (Å²) in [6, 6.07) is 12.8. The zero-order valence-electron chi connectivity index (χ0n) is 17.5. The second-order valence-electron chi connectivity index (χ2n) is 7.84. The van der Waals surface area contributed by atoms with Crippen molar-refractivity contribution in [2.45, 2.75) is 12.5 Å². The number of benzene rings is 2. The molecular formula is C23H25N3O5. The highest BCUT2D eigenvalue weighted by Crippen LogP contribution is 2.36. The van der Waals surface area contributed by atoms with Gasteiger partial charge < -0.3 is 19.1 Å². The van der Waals surface area contributed by atoms with E-state index in [2.05, 4.69) is 9.80 Å². The molecule has 2 amide bonds. The summed E-state index contributed by atoms with van der Waals surface area (Å²) >= 11 is 0. The third-order valence-corrected chi connectivity index (χ3v) is 6.10. The first-order chi connectivity index (χ1) is 15.1. The van der Waals surface area contributed by atoms with Crippen LogP contribution in [0.25, 0.3) is 0 Å². The Labute approximate surface area is 180 Å². The Bertz CT molecular complexity index is 985. The first-order valence-electron chi connectivity index (χ1n) is 10.5. The minimum Gasteiger partial charge on any atom is -0.497 e. The van der Waals surface area contributed by atoms with Crippen molar-refractivity contribution in [2.75, 3.05) is 56.3 Å². The zero-order valence-corrected chi connectivity index (χ0v) is 17.5. The normalized spacial score (nSPS) is 21.5. The zero-order chi connectivity index (χ0) is 21.4. The van der Waals surface area contributed by atoms with Crippen LogP contribution in [-0.4, -0.2) is 69.3 Å². The Hall–Kier alpha value is -3.26. The van der Waals surface area contributed by atoms with E-state index in [4.69, 9.17) is 14.2 Å². The number of carbonyl (C=O) groups excluding carboxylic acids is 2. The van der Waals surface area contributed by atoms with Gasteiger partial charge in [-0.15, -0.1) is 0 Å². The highest BCUT2D eigenvalue weighted by molar-refractivity contribution is 6.22. The summed E-state index contributed by atoms with van der Waals surface area (Å²) in [5, 5.41) is 0. The lowest BCUT2D eigenvalue weighted by molar-refractivity contribution is -0.123. The number of rotatable bonds is 4. The number of methoxy groups -OCH3 is 1. The van der Waals surface area contributed by atoms with Gasteiger partial charge >= 0.3 is 0 Å². The molecule has 8 nitrogen and oxygen atoms in total. The van der Waals surface area contributed by atoms with Crippen LogP contribution in [0.4, 0.5) is 11.4 Å². The van der Waals surface area contributed by atoms with Gasteiger partial charge in [-0.3, -0.25) is 14.5 Å². The molecular weight excluding hydrogens is 398 g/mol. The third kappa shape index (κ3) is 3.67. The van der Waals surface area contributed by atoms with Gasteiger partial charge in [0.15, 0.2) is 11.5 Å². The maximum Gasteiger partial charge on any atom is 0.251 e. The predicted molar refractivity (Wildman–Crippen MR) is 115 cm³/mol. The first kappa shape index (κ1) is 19.7. The molecule has 3 aliphatic rings.